The minimum absolute atomic E-state index is 0.276. The fourth-order valence-electron chi connectivity index (χ4n) is 4.26. The Morgan fingerprint density at radius 3 is 2.19 bits per heavy atom. The summed E-state index contributed by atoms with van der Waals surface area (Å²) in [6.07, 6.45) is 1.81. The lowest BCUT2D eigenvalue weighted by molar-refractivity contribution is -0.126. The first kappa shape index (κ1) is 20.0. The van der Waals surface area contributed by atoms with Gasteiger partial charge in [0.15, 0.2) is 0 Å². The Balaban J connectivity index is 1.40. The predicted molar refractivity (Wildman–Crippen MR) is 122 cm³/mol. The van der Waals surface area contributed by atoms with Crippen molar-refractivity contribution in [1.29, 1.82) is 0 Å². The van der Waals surface area contributed by atoms with Crippen LogP contribution in [0.1, 0.15) is 10.5 Å². The van der Waals surface area contributed by atoms with Crippen molar-refractivity contribution in [3.8, 4) is 11.1 Å². The third kappa shape index (κ3) is 3.64. The molecule has 2 aromatic carbocycles. The zero-order valence-electron chi connectivity index (χ0n) is 17.4. The van der Waals surface area contributed by atoms with Gasteiger partial charge in [0.25, 0.3) is 11.7 Å². The van der Waals surface area contributed by atoms with Gasteiger partial charge in [-0.2, -0.15) is 0 Å². The Kier molecular flexibility index (Phi) is 5.19. The lowest BCUT2D eigenvalue weighted by atomic mass is 10.0. The number of anilines is 1. The topological polar surface area (TPSA) is 45.0 Å². The number of pyridine rings is 1. The summed E-state index contributed by atoms with van der Waals surface area (Å²) in [4.78, 5) is 30.3. The Morgan fingerprint density at radius 1 is 0.781 bits per heavy atom. The van der Waals surface area contributed by atoms with Gasteiger partial charge in [-0.15, -0.1) is 0 Å². The molecule has 0 bridgehead atoms. The first-order valence-electron chi connectivity index (χ1n) is 10.6. The number of amides is 1. The normalized spacial score (nSPS) is 14.0. The number of carbonyl (C=O) groups excluding carboxylic acids is 2. The third-order valence-corrected chi connectivity index (χ3v) is 5.93. The van der Waals surface area contributed by atoms with E-state index in [4.69, 9.17) is 0 Å². The van der Waals surface area contributed by atoms with Crippen molar-refractivity contribution >= 4 is 22.9 Å². The number of aromatic nitrogens is 1. The SMILES string of the molecule is O=C(C(=O)N1CCN(c2ccc(F)cc2)CC1)c1c(-c2ccccc2)cc2ccccn12. The molecular weight excluding hydrogens is 405 g/mol. The zero-order chi connectivity index (χ0) is 22.1. The third-order valence-electron chi connectivity index (χ3n) is 5.93. The standard InChI is InChI=1S/C26H22FN3O2/c27-20-9-11-21(12-10-20)28-14-16-29(17-15-28)26(32)25(31)24-23(19-6-2-1-3-7-19)18-22-8-4-5-13-30(22)24/h1-13,18H,14-17H2. The molecule has 0 aliphatic carbocycles. The molecule has 2 aromatic heterocycles. The van der Waals surface area contributed by atoms with Crippen LogP contribution < -0.4 is 4.90 Å². The number of ketones is 1. The van der Waals surface area contributed by atoms with Crippen molar-refractivity contribution in [3.63, 3.8) is 0 Å². The number of carbonyl (C=O) groups is 2. The second-order valence-electron chi connectivity index (χ2n) is 7.85. The van der Waals surface area contributed by atoms with Gasteiger partial charge >= 0.3 is 0 Å². The van der Waals surface area contributed by atoms with E-state index in [-0.39, 0.29) is 5.82 Å². The lowest BCUT2D eigenvalue weighted by Gasteiger charge is -2.35. The van der Waals surface area contributed by atoms with Crippen LogP contribution in [0.5, 0.6) is 0 Å². The number of Topliss-reactive ketones (excluding diaryl/α,β-unsaturated/α-hetero) is 1. The summed E-state index contributed by atoms with van der Waals surface area (Å²) in [5, 5.41) is 0. The highest BCUT2D eigenvalue weighted by Gasteiger charge is 2.30. The summed E-state index contributed by atoms with van der Waals surface area (Å²) in [6, 6.07) is 23.6. The fourth-order valence-corrected chi connectivity index (χ4v) is 4.26. The van der Waals surface area contributed by atoms with Gasteiger partial charge in [0.1, 0.15) is 11.5 Å². The maximum absolute atomic E-state index is 13.4. The van der Waals surface area contributed by atoms with E-state index in [1.165, 1.54) is 12.1 Å². The quantitative estimate of drug-likeness (QED) is 0.361. The van der Waals surface area contributed by atoms with E-state index >= 15 is 0 Å². The zero-order valence-corrected chi connectivity index (χ0v) is 17.4. The molecule has 0 spiro atoms. The van der Waals surface area contributed by atoms with Gasteiger partial charge in [-0.1, -0.05) is 36.4 Å². The van der Waals surface area contributed by atoms with Crippen molar-refractivity contribution in [2.75, 3.05) is 31.1 Å². The highest BCUT2D eigenvalue weighted by Crippen LogP contribution is 2.29. The molecule has 5 nitrogen and oxygen atoms in total. The molecular formula is C26H22FN3O2. The summed E-state index contributed by atoms with van der Waals surface area (Å²) in [7, 11) is 0. The maximum atomic E-state index is 13.4. The molecule has 0 N–H and O–H groups in total. The van der Waals surface area contributed by atoms with Crippen molar-refractivity contribution in [2.24, 2.45) is 0 Å². The van der Waals surface area contributed by atoms with E-state index in [1.54, 1.807) is 21.4 Å². The number of piperazine rings is 1. The van der Waals surface area contributed by atoms with Gasteiger partial charge in [0.05, 0.1) is 0 Å². The molecule has 1 aliphatic heterocycles. The van der Waals surface area contributed by atoms with Crippen LogP contribution in [0.15, 0.2) is 85.1 Å². The van der Waals surface area contributed by atoms with Crippen LogP contribution in [0, 0.1) is 5.82 Å². The molecule has 1 amide bonds. The number of fused-ring (bicyclic) bond motifs is 1. The molecule has 1 saturated heterocycles. The van der Waals surface area contributed by atoms with Gasteiger partial charge in [-0.25, -0.2) is 4.39 Å². The molecule has 0 radical (unpaired) electrons. The number of benzene rings is 2. The molecule has 160 valence electrons. The number of halogens is 1. The first-order valence-corrected chi connectivity index (χ1v) is 10.6. The van der Waals surface area contributed by atoms with E-state index in [0.717, 1.165) is 22.3 Å². The van der Waals surface area contributed by atoms with Gasteiger partial charge in [-0.05, 0) is 48.0 Å². The van der Waals surface area contributed by atoms with Crippen molar-refractivity contribution in [2.45, 2.75) is 0 Å². The molecule has 1 aliphatic rings. The first-order chi connectivity index (χ1) is 15.6. The average Bonchev–Trinajstić information content (AvgIpc) is 3.24. The molecule has 3 heterocycles. The summed E-state index contributed by atoms with van der Waals surface area (Å²) >= 11 is 0. The van der Waals surface area contributed by atoms with Crippen LogP contribution in [0.25, 0.3) is 16.6 Å². The monoisotopic (exact) mass is 427 g/mol. The summed E-state index contributed by atoms with van der Waals surface area (Å²) in [5.74, 6) is -1.28. The van der Waals surface area contributed by atoms with Crippen LogP contribution >= 0.6 is 0 Å². The van der Waals surface area contributed by atoms with Gasteiger partial charge in [0.2, 0.25) is 0 Å². The summed E-state index contributed by atoms with van der Waals surface area (Å²) < 4.78 is 15.0. The Bertz CT molecular complexity index is 1270. The largest absolute Gasteiger partial charge is 0.368 e. The highest BCUT2D eigenvalue weighted by molar-refractivity contribution is 6.43. The van der Waals surface area contributed by atoms with Crippen LogP contribution in [0.4, 0.5) is 10.1 Å². The van der Waals surface area contributed by atoms with Crippen molar-refractivity contribution in [3.05, 3.63) is 96.6 Å². The van der Waals surface area contributed by atoms with Gasteiger partial charge in [-0.3, -0.25) is 9.59 Å². The molecule has 0 unspecified atom stereocenters. The van der Waals surface area contributed by atoms with Crippen molar-refractivity contribution in [1.82, 2.24) is 9.30 Å². The number of hydrogen-bond donors (Lipinski definition) is 0. The number of nitrogens with zero attached hydrogens (tertiary/aromatic N) is 3. The minimum Gasteiger partial charge on any atom is -0.368 e. The molecule has 4 aromatic rings. The molecule has 32 heavy (non-hydrogen) atoms. The fraction of sp³-hybridized carbons (Fsp3) is 0.154. The molecule has 0 atom stereocenters. The summed E-state index contributed by atoms with van der Waals surface area (Å²) in [6.45, 7) is 2.05. The van der Waals surface area contributed by atoms with E-state index in [0.29, 0.717) is 31.9 Å². The second kappa shape index (κ2) is 8.30. The smallest absolute Gasteiger partial charge is 0.296 e. The number of hydrogen-bond acceptors (Lipinski definition) is 3. The van der Waals surface area contributed by atoms with Gasteiger partial charge in [0, 0.05) is 49.1 Å². The Labute approximate surface area is 185 Å². The van der Waals surface area contributed by atoms with Crippen LogP contribution in [-0.4, -0.2) is 47.2 Å². The van der Waals surface area contributed by atoms with Gasteiger partial charge < -0.3 is 14.2 Å². The highest BCUT2D eigenvalue weighted by atomic mass is 19.1. The van der Waals surface area contributed by atoms with E-state index in [1.807, 2.05) is 60.8 Å². The average molecular weight is 427 g/mol. The van der Waals surface area contributed by atoms with Crippen LogP contribution in [0.3, 0.4) is 0 Å². The van der Waals surface area contributed by atoms with Crippen molar-refractivity contribution < 1.29 is 14.0 Å². The van der Waals surface area contributed by atoms with E-state index in [2.05, 4.69) is 4.90 Å². The number of rotatable bonds is 4. The molecule has 5 rings (SSSR count). The van der Waals surface area contributed by atoms with Crippen LogP contribution in [0.2, 0.25) is 0 Å². The molecule has 0 saturated carbocycles. The minimum atomic E-state index is -0.509. The van der Waals surface area contributed by atoms with E-state index < -0.39 is 11.7 Å². The maximum Gasteiger partial charge on any atom is 0.296 e. The van der Waals surface area contributed by atoms with E-state index in [9.17, 15) is 14.0 Å². The lowest BCUT2D eigenvalue weighted by Crippen LogP contribution is -2.50. The predicted octanol–water partition coefficient (Wildman–Crippen LogP) is 4.28. The molecule has 1 fully saturated rings. The summed E-state index contributed by atoms with van der Waals surface area (Å²) in [5.41, 5.74) is 3.81. The second-order valence-corrected chi connectivity index (χ2v) is 7.85. The molecule has 6 heteroatoms. The Hall–Kier alpha value is -3.93. The van der Waals surface area contributed by atoms with Crippen LogP contribution in [-0.2, 0) is 4.79 Å². The Morgan fingerprint density at radius 2 is 1.47 bits per heavy atom.